The van der Waals surface area contributed by atoms with Gasteiger partial charge in [-0.3, -0.25) is 0 Å². The van der Waals surface area contributed by atoms with Crippen molar-refractivity contribution in [1.82, 2.24) is 4.90 Å². The van der Waals surface area contributed by atoms with Gasteiger partial charge in [0.15, 0.2) is 140 Å². The van der Waals surface area contributed by atoms with Crippen LogP contribution < -0.4 is 95.5 Å². The second-order valence-electron chi connectivity index (χ2n) is 35.0. The fourth-order valence-electron chi connectivity index (χ4n) is 16.7. The zero-order valence-corrected chi connectivity index (χ0v) is 83.7. The molecule has 0 radical (unpaired) electrons. The molecule has 8 aromatic rings. The number of nitrogens with one attached hydrogen (secondary N) is 2. The van der Waals surface area contributed by atoms with Crippen LogP contribution in [0.25, 0.3) is 0 Å². The maximum atomic E-state index is 15.4. The summed E-state index contributed by atoms with van der Waals surface area (Å²) in [6, 6.07) is 0. The van der Waals surface area contributed by atoms with Crippen LogP contribution in [0.1, 0.15) is 253 Å². The van der Waals surface area contributed by atoms with Crippen molar-refractivity contribution in [2.24, 2.45) is 0 Å². The van der Waals surface area contributed by atoms with E-state index in [1.807, 2.05) is 0 Å². The quantitative estimate of drug-likeness (QED) is 0.0127. The third-order valence-corrected chi connectivity index (χ3v) is 23.9. The molecule has 810 valence electrons. The van der Waals surface area contributed by atoms with E-state index in [0.717, 1.165) is 0 Å². The summed E-state index contributed by atoms with van der Waals surface area (Å²) in [6.07, 6.45) is 37.8. The van der Waals surface area contributed by atoms with Gasteiger partial charge in [0, 0.05) is 0 Å². The van der Waals surface area contributed by atoms with Crippen molar-refractivity contribution in [2.75, 3.05) is 61.9 Å². The van der Waals surface area contributed by atoms with Crippen LogP contribution in [0.2, 0.25) is 0 Å². The molecule has 0 aliphatic heterocycles. The second kappa shape index (κ2) is 63.5. The topological polar surface area (TPSA) is 12.1 Å². The molecule has 0 aliphatic rings. The first kappa shape index (κ1) is 135. The number of halogens is 42. The minimum absolute atomic E-state index is 0. The molecule has 0 unspecified atom stereocenters. The molecule has 0 aliphatic carbocycles. The number of hydrogen-bond acceptors (Lipinski definition) is 1. The third kappa shape index (κ3) is 31.8. The molecule has 0 bridgehead atoms. The normalized spacial score (nSPS) is 11.5. The van der Waals surface area contributed by atoms with Crippen LogP contribution in [0.3, 0.4) is 0 Å². The van der Waals surface area contributed by atoms with Gasteiger partial charge in [0.1, 0.15) is 105 Å². The Balaban J connectivity index is 0.00000192. The van der Waals surface area contributed by atoms with Gasteiger partial charge in [0.2, 0.25) is 0 Å². The maximum Gasteiger partial charge on any atom is 1.00 e. The Morgan fingerprint density at radius 3 is 0.354 bits per heavy atom. The number of quaternary nitrogens is 2. The largest absolute Gasteiger partial charge is 1.00 e. The number of unbranched alkanes of at least 4 members (excludes halogenated alkanes) is 33. The standard InChI is InChI=1S/2C24BF20.3C16H35N.2ClH.Na.H/c2*26-5-1(6(27)14(35)21(42)13(5)34)25(2-7(28)15(36)22(43)16(37)8(2)29,3-9(30)17(38)23(44)18(39)10(3)31)4-11(32)19(40)24(45)20(41)12(4)33;3*1-4-5-6-7-8-9-10-11-12-13-14-15-16-17(2)3;;;;/h;;3*4-16H2,1-3H3;2*1H;;/q2*-1;;;;;;+1;-1/p+1. The maximum absolute atomic E-state index is 15.4. The molecule has 0 spiro atoms. The Labute approximate surface area is 844 Å². The molecule has 0 heterocycles. The molecule has 8 rings (SSSR count). The Morgan fingerprint density at radius 1 is 0.167 bits per heavy atom. The molecule has 0 fully saturated rings. The molecule has 144 heavy (non-hydrogen) atoms. The Bertz CT molecular complexity index is 4350. The summed E-state index contributed by atoms with van der Waals surface area (Å²) in [5, 5.41) is 0. The van der Waals surface area contributed by atoms with Crippen molar-refractivity contribution in [3.8, 4) is 0 Å². The van der Waals surface area contributed by atoms with E-state index in [0.29, 0.717) is 0 Å². The Morgan fingerprint density at radius 2 is 0.257 bits per heavy atom. The van der Waals surface area contributed by atoms with Crippen LogP contribution in [-0.2, 0) is 0 Å². The van der Waals surface area contributed by atoms with Crippen LogP contribution >= 0.6 is 12.4 Å². The van der Waals surface area contributed by atoms with Gasteiger partial charge >= 0.3 is 29.6 Å². The monoisotopic (exact) mass is 2180 g/mol. The smallest absolute Gasteiger partial charge is 1.00 e. The van der Waals surface area contributed by atoms with Gasteiger partial charge in [0.25, 0.3) is 0 Å². The molecule has 0 atom stereocenters. The van der Waals surface area contributed by atoms with Gasteiger partial charge in [-0.2, -0.15) is 0 Å². The van der Waals surface area contributed by atoms with Crippen molar-refractivity contribution in [2.45, 2.75) is 252 Å². The van der Waals surface area contributed by atoms with Crippen LogP contribution in [0.15, 0.2) is 0 Å². The van der Waals surface area contributed by atoms with E-state index in [4.69, 9.17) is 0 Å². The second-order valence-corrected chi connectivity index (χ2v) is 35.0. The van der Waals surface area contributed by atoms with Gasteiger partial charge in [-0.25, -0.2) is 176 Å². The summed E-state index contributed by atoms with van der Waals surface area (Å²) in [5.41, 5.74) is -28.7. The minimum Gasteiger partial charge on any atom is -1.00 e. The molecule has 48 heteroatoms. The zero-order valence-electron chi connectivity index (χ0n) is 81.1. The summed E-state index contributed by atoms with van der Waals surface area (Å²) < 4.78 is 588. The van der Waals surface area contributed by atoms with E-state index in [1.54, 1.807) is 9.80 Å². The van der Waals surface area contributed by atoms with Gasteiger partial charge < -0.3 is 28.5 Å². The third-order valence-electron chi connectivity index (χ3n) is 23.9. The van der Waals surface area contributed by atoms with Crippen molar-refractivity contribution in [3.63, 3.8) is 0 Å². The predicted molar refractivity (Wildman–Crippen MR) is 464 cm³/mol. The summed E-state index contributed by atoms with van der Waals surface area (Å²) in [5.74, 6) is -143. The van der Waals surface area contributed by atoms with Crippen molar-refractivity contribution in [1.29, 1.82) is 0 Å². The zero-order chi connectivity index (χ0) is 107. The van der Waals surface area contributed by atoms with Crippen LogP contribution in [0.4, 0.5) is 176 Å². The summed E-state index contributed by atoms with van der Waals surface area (Å²) in [6.45, 7) is 10.8. The fraction of sp³-hybridized carbons (Fsp3) is 0.500. The van der Waals surface area contributed by atoms with Crippen LogP contribution in [0.5, 0.6) is 0 Å². The van der Waals surface area contributed by atoms with Crippen LogP contribution in [0, 0.1) is 233 Å². The van der Waals surface area contributed by atoms with E-state index in [9.17, 15) is 105 Å². The molecule has 0 saturated carbocycles. The van der Waals surface area contributed by atoms with Gasteiger partial charge in [0.05, 0.1) is 41.3 Å². The average Bonchev–Trinajstić information content (AvgIpc) is 0.683. The molecule has 0 amide bonds. The molecular weight excluding hydrogens is 2070 g/mol. The predicted octanol–water partition coefficient (Wildman–Crippen LogP) is 19.1. The van der Waals surface area contributed by atoms with E-state index < -0.39 is 289 Å². The molecule has 0 aromatic heterocycles. The first-order valence-corrected chi connectivity index (χ1v) is 45.9. The van der Waals surface area contributed by atoms with Gasteiger partial charge in [-0.15, -0.1) is 56.1 Å². The van der Waals surface area contributed by atoms with Crippen molar-refractivity contribution in [3.05, 3.63) is 233 Å². The van der Waals surface area contributed by atoms with E-state index in [1.165, 1.54) is 251 Å². The summed E-state index contributed by atoms with van der Waals surface area (Å²) >= 11 is 0. The SMILES string of the molecule is CCCCCCCCCCCCCCN(C)C.CCCCCCCCCCCCCC[NH+](C)C.CCCCCCCCCCCCCC[NH+](C)C.Cl.Fc1c(F)c(F)c([B-](c2c(F)c(F)c(F)c(F)c2F)(c2c(F)c(F)c(F)c(F)c2F)c2c(F)c(F)c(F)c(F)c2F)c(F)c1F.Fc1c(F)c(F)c([B-](c2c(F)c(F)c(F)c(F)c2F)(c2c(F)c(F)c(F)c(F)c2F)c2c(F)c(F)c(F)c(F)c2F)c(F)c1F.[Cl-].[H-].[Na+]. The average molecular weight is 2180 g/mol. The Kier molecular flexibility index (Phi) is 59.4. The minimum atomic E-state index is -7.22. The molecule has 0 saturated heterocycles. The first-order chi connectivity index (χ1) is 66.2. The van der Waals surface area contributed by atoms with Crippen LogP contribution in [-0.4, -0.2) is 79.1 Å². The number of benzene rings is 8. The molecule has 2 N–H and O–H groups in total. The molecule has 3 nitrogen and oxygen atoms in total. The number of nitrogens with zero attached hydrogens (tertiary/aromatic N) is 1. The summed E-state index contributed by atoms with van der Waals surface area (Å²) in [7, 11) is 13.3. The number of rotatable bonds is 47. The number of hydrogen-bond donors (Lipinski definition) is 2. The first-order valence-electron chi connectivity index (χ1n) is 45.9. The van der Waals surface area contributed by atoms with E-state index in [-0.39, 0.29) is 55.8 Å². The van der Waals surface area contributed by atoms with E-state index in [2.05, 4.69) is 68.0 Å². The Hall–Kier alpha value is -7.45. The van der Waals surface area contributed by atoms with Gasteiger partial charge in [-0.05, 0) is 52.7 Å². The molecular formula is C96H109B2Cl2F40N3Na-. The van der Waals surface area contributed by atoms with E-state index >= 15 is 70.2 Å². The van der Waals surface area contributed by atoms with Crippen molar-refractivity contribution < 1.29 is 229 Å². The molecule has 8 aromatic carbocycles. The summed E-state index contributed by atoms with van der Waals surface area (Å²) in [4.78, 5) is 5.48. The van der Waals surface area contributed by atoms with Crippen molar-refractivity contribution >= 4 is 68.4 Å². The van der Waals surface area contributed by atoms with Gasteiger partial charge in [-0.1, -0.05) is 220 Å². The fourth-order valence-corrected chi connectivity index (χ4v) is 16.7.